The maximum atomic E-state index is 14.3. The lowest BCUT2D eigenvalue weighted by atomic mass is 9.78. The molecule has 0 aliphatic carbocycles. The summed E-state index contributed by atoms with van der Waals surface area (Å²) in [6, 6.07) is 6.56. The molecule has 11 heteroatoms. The van der Waals surface area contributed by atoms with Gasteiger partial charge in [-0.25, -0.2) is 4.68 Å². The molecule has 1 spiro atoms. The minimum atomic E-state index is -1.30. The Morgan fingerprint density at radius 2 is 1.97 bits per heavy atom. The van der Waals surface area contributed by atoms with E-state index in [-0.39, 0.29) is 44.8 Å². The molecule has 1 aromatic carbocycles. The molecule has 2 amide bonds. The number of allylic oxidation sites excluding steroid dienone is 1. The first-order chi connectivity index (χ1) is 18.5. The largest absolute Gasteiger partial charge is 0.465 e. The summed E-state index contributed by atoms with van der Waals surface area (Å²) in [4.78, 5) is 44.7. The monoisotopic (exact) mass is 521 g/mol. The molecule has 1 aromatic heterocycles. The molecule has 0 radical (unpaired) electrons. The van der Waals surface area contributed by atoms with Crippen LogP contribution >= 0.6 is 0 Å². The Labute approximate surface area is 219 Å². The van der Waals surface area contributed by atoms with Gasteiger partial charge >= 0.3 is 5.97 Å². The summed E-state index contributed by atoms with van der Waals surface area (Å²) in [6.07, 6.45) is 9.23. The molecule has 4 aliphatic rings. The van der Waals surface area contributed by atoms with E-state index in [4.69, 9.17) is 9.47 Å². The number of amides is 2. The van der Waals surface area contributed by atoms with Gasteiger partial charge in [0.15, 0.2) is 0 Å². The molecule has 0 saturated carbocycles. The zero-order valence-corrected chi connectivity index (χ0v) is 21.0. The Balaban J connectivity index is 1.38. The average Bonchev–Trinajstić information content (AvgIpc) is 3.52. The number of cyclic esters (lactones) is 1. The molecule has 5 heterocycles. The zero-order chi connectivity index (χ0) is 26.3. The third kappa shape index (κ3) is 3.92. The number of aliphatic hydroxyl groups is 1. The predicted molar refractivity (Wildman–Crippen MR) is 134 cm³/mol. The van der Waals surface area contributed by atoms with E-state index < -0.39 is 35.6 Å². The van der Waals surface area contributed by atoms with Crippen LogP contribution in [0.4, 0.5) is 0 Å². The Hall–Kier alpha value is -3.57. The lowest BCUT2D eigenvalue weighted by Gasteiger charge is -2.35. The Bertz CT molecular complexity index is 1310. The number of hydrogen-bond donors (Lipinski definition) is 1. The maximum Gasteiger partial charge on any atom is 0.312 e. The van der Waals surface area contributed by atoms with Gasteiger partial charge in [-0.2, -0.15) is 0 Å². The molecule has 0 bridgehead atoms. The number of nitrogens with zero attached hydrogens (tertiary/aromatic N) is 5. The van der Waals surface area contributed by atoms with Crippen molar-refractivity contribution in [3.05, 3.63) is 48.6 Å². The lowest BCUT2D eigenvalue weighted by molar-refractivity contribution is -0.155. The number of aromatic nitrogens is 3. The number of fused-ring (bicyclic) bond motifs is 3. The average molecular weight is 522 g/mol. The number of likely N-dealkylation sites (tertiary alicyclic amines) is 1. The van der Waals surface area contributed by atoms with Crippen LogP contribution in [-0.4, -0.2) is 91.7 Å². The standard InChI is InChI=1S/C27H31N5O6/c33-15-6-5-14-31-23-25(35)30(17-32-19-10-4-3-9-18(19)28-29-32)13-8-12-27(23)22(24(31)34)21-20(38-27)11-2-1-7-16-37-26(21)36/h2-4,8-12,20-23,33H,1,5-7,13-17H2/b11-2-/t20-,21+,22+,23?,27+/m1/s1. The number of ether oxygens (including phenoxy) is 2. The van der Waals surface area contributed by atoms with Crippen LogP contribution in [0.15, 0.2) is 48.6 Å². The number of unbranched alkanes of at least 4 members (excludes halogenated alkanes) is 1. The molecular formula is C27H31N5O6. The second kappa shape index (κ2) is 9.95. The highest BCUT2D eigenvalue weighted by Crippen LogP contribution is 2.53. The number of aliphatic hydroxyl groups excluding tert-OH is 1. The van der Waals surface area contributed by atoms with Crippen molar-refractivity contribution in [2.45, 2.75) is 50.1 Å². The van der Waals surface area contributed by atoms with Crippen LogP contribution in [0.25, 0.3) is 11.0 Å². The molecule has 1 N–H and O–H groups in total. The van der Waals surface area contributed by atoms with Gasteiger partial charge in [0.05, 0.1) is 24.1 Å². The molecular weight excluding hydrogens is 490 g/mol. The fraction of sp³-hybridized carbons (Fsp3) is 0.519. The smallest absolute Gasteiger partial charge is 0.312 e. The van der Waals surface area contributed by atoms with Crippen LogP contribution in [0.1, 0.15) is 25.7 Å². The Kier molecular flexibility index (Phi) is 6.48. The molecule has 11 nitrogen and oxygen atoms in total. The Morgan fingerprint density at radius 1 is 1.11 bits per heavy atom. The number of rotatable bonds is 6. The molecule has 2 aromatic rings. The third-order valence-corrected chi connectivity index (χ3v) is 7.97. The van der Waals surface area contributed by atoms with Crippen LogP contribution in [0.2, 0.25) is 0 Å². The van der Waals surface area contributed by atoms with Gasteiger partial charge in [-0.15, -0.1) is 5.10 Å². The number of esters is 1. The molecule has 2 saturated heterocycles. The number of para-hydroxylation sites is 1. The van der Waals surface area contributed by atoms with E-state index in [1.807, 2.05) is 48.6 Å². The SMILES string of the molecule is O=C1OCCC/C=C\[C@H]2O[C@]34C=CCN(Cn5nnc6ccccc65)C(=O)C3N(CCCCO)C(=O)[C@@H]4[C@@H]12. The van der Waals surface area contributed by atoms with Crippen molar-refractivity contribution in [2.24, 2.45) is 11.8 Å². The summed E-state index contributed by atoms with van der Waals surface area (Å²) in [5.74, 6) is -2.77. The first-order valence-electron chi connectivity index (χ1n) is 13.2. The van der Waals surface area contributed by atoms with E-state index in [0.29, 0.717) is 19.3 Å². The predicted octanol–water partition coefficient (Wildman–Crippen LogP) is 1.03. The van der Waals surface area contributed by atoms with E-state index in [0.717, 1.165) is 17.5 Å². The van der Waals surface area contributed by atoms with Crippen molar-refractivity contribution in [2.75, 3.05) is 26.3 Å². The fourth-order valence-corrected chi connectivity index (χ4v) is 6.24. The van der Waals surface area contributed by atoms with Gasteiger partial charge in [0, 0.05) is 19.7 Å². The summed E-state index contributed by atoms with van der Waals surface area (Å²) in [7, 11) is 0. The van der Waals surface area contributed by atoms with Gasteiger partial charge in [-0.3, -0.25) is 14.4 Å². The highest BCUT2D eigenvalue weighted by atomic mass is 16.6. The van der Waals surface area contributed by atoms with Crippen molar-refractivity contribution in [3.8, 4) is 0 Å². The molecule has 1 unspecified atom stereocenters. The van der Waals surface area contributed by atoms with Crippen LogP contribution in [0.3, 0.4) is 0 Å². The van der Waals surface area contributed by atoms with E-state index >= 15 is 0 Å². The second-order valence-electron chi connectivity index (χ2n) is 10.2. The van der Waals surface area contributed by atoms with E-state index in [2.05, 4.69) is 10.3 Å². The quantitative estimate of drug-likeness (QED) is 0.339. The van der Waals surface area contributed by atoms with Crippen LogP contribution in [0, 0.1) is 11.8 Å². The van der Waals surface area contributed by atoms with Gasteiger partial charge in [-0.1, -0.05) is 41.7 Å². The van der Waals surface area contributed by atoms with Crippen LogP contribution in [0.5, 0.6) is 0 Å². The van der Waals surface area contributed by atoms with Gasteiger partial charge in [0.2, 0.25) is 5.91 Å². The lowest BCUT2D eigenvalue weighted by Crippen LogP contribution is -2.55. The topological polar surface area (TPSA) is 127 Å². The fourth-order valence-electron chi connectivity index (χ4n) is 6.24. The van der Waals surface area contributed by atoms with Gasteiger partial charge in [0.25, 0.3) is 5.91 Å². The summed E-state index contributed by atoms with van der Waals surface area (Å²) >= 11 is 0. The zero-order valence-electron chi connectivity index (χ0n) is 21.0. The summed E-state index contributed by atoms with van der Waals surface area (Å²) in [6.45, 7) is 0.967. The van der Waals surface area contributed by atoms with Gasteiger partial charge < -0.3 is 24.4 Å². The molecule has 5 atom stereocenters. The number of carbonyl (C=O) groups is 3. The summed E-state index contributed by atoms with van der Waals surface area (Å²) < 4.78 is 13.8. The summed E-state index contributed by atoms with van der Waals surface area (Å²) in [5, 5.41) is 17.8. The first-order valence-corrected chi connectivity index (χ1v) is 13.2. The van der Waals surface area contributed by atoms with Crippen molar-refractivity contribution in [3.63, 3.8) is 0 Å². The van der Waals surface area contributed by atoms with Crippen molar-refractivity contribution in [1.29, 1.82) is 0 Å². The number of hydrogen-bond acceptors (Lipinski definition) is 8. The second-order valence-corrected chi connectivity index (χ2v) is 10.2. The first kappa shape index (κ1) is 24.7. The van der Waals surface area contributed by atoms with Gasteiger partial charge in [-0.05, 0) is 37.8 Å². The molecule has 4 aliphatic heterocycles. The van der Waals surface area contributed by atoms with E-state index in [1.54, 1.807) is 14.5 Å². The maximum absolute atomic E-state index is 14.3. The van der Waals surface area contributed by atoms with Crippen molar-refractivity contribution in [1.82, 2.24) is 24.8 Å². The molecule has 2 fully saturated rings. The van der Waals surface area contributed by atoms with Crippen LogP contribution < -0.4 is 0 Å². The summed E-state index contributed by atoms with van der Waals surface area (Å²) in [5.41, 5.74) is 0.216. The van der Waals surface area contributed by atoms with E-state index in [9.17, 15) is 19.5 Å². The van der Waals surface area contributed by atoms with E-state index in [1.165, 1.54) is 0 Å². The highest BCUT2D eigenvalue weighted by molar-refractivity contribution is 5.99. The van der Waals surface area contributed by atoms with Crippen molar-refractivity contribution >= 4 is 28.8 Å². The van der Waals surface area contributed by atoms with Crippen LogP contribution in [-0.2, 0) is 30.5 Å². The van der Waals surface area contributed by atoms with Crippen molar-refractivity contribution < 1.29 is 29.0 Å². The normalized spacial score (nSPS) is 31.8. The Morgan fingerprint density at radius 3 is 2.84 bits per heavy atom. The van der Waals surface area contributed by atoms with Gasteiger partial charge in [0.1, 0.15) is 29.7 Å². The minimum absolute atomic E-state index is 0.0149. The number of carbonyl (C=O) groups excluding carboxylic acids is 3. The molecule has 6 rings (SSSR count). The number of benzene rings is 1. The minimum Gasteiger partial charge on any atom is -0.465 e. The highest BCUT2D eigenvalue weighted by Gasteiger charge is 2.71. The molecule has 38 heavy (non-hydrogen) atoms. The molecule has 200 valence electrons. The third-order valence-electron chi connectivity index (χ3n) is 7.97.